The van der Waals surface area contributed by atoms with E-state index in [4.69, 9.17) is 22.3 Å². The number of H-pyrrole nitrogens is 1. The molecule has 0 aliphatic heterocycles. The first-order valence-corrected chi connectivity index (χ1v) is 12.6. The number of benzene rings is 2. The molecule has 0 radical (unpaired) electrons. The Hall–Kier alpha value is -3.42. The van der Waals surface area contributed by atoms with Crippen molar-refractivity contribution in [3.05, 3.63) is 94.7 Å². The fraction of sp³-hybridized carbons (Fsp3) is 0.321. The Morgan fingerprint density at radius 3 is 2.56 bits per heavy atom. The highest BCUT2D eigenvalue weighted by molar-refractivity contribution is 6.30. The SMILES string of the molecule is Cc1cc(C(=O)N(CCCN)[C@@H](c2nc(-c3cccc(Cl)c3)cn2Cc2ccccc2)C(C)C)n[nH]1. The zero-order valence-corrected chi connectivity index (χ0v) is 21.7. The Labute approximate surface area is 217 Å². The van der Waals surface area contributed by atoms with Crippen LogP contribution in [0.5, 0.6) is 0 Å². The molecule has 2 aromatic heterocycles. The highest BCUT2D eigenvalue weighted by Crippen LogP contribution is 2.33. The van der Waals surface area contributed by atoms with Crippen molar-refractivity contribution in [3.8, 4) is 11.3 Å². The molecule has 8 heteroatoms. The smallest absolute Gasteiger partial charge is 0.274 e. The number of amides is 1. The predicted molar refractivity (Wildman–Crippen MR) is 144 cm³/mol. The summed E-state index contributed by atoms with van der Waals surface area (Å²) in [5, 5.41) is 7.78. The number of aromatic amines is 1. The van der Waals surface area contributed by atoms with Crippen LogP contribution in [0.3, 0.4) is 0 Å². The molecule has 0 unspecified atom stereocenters. The van der Waals surface area contributed by atoms with Crippen molar-refractivity contribution < 1.29 is 4.79 Å². The summed E-state index contributed by atoms with van der Waals surface area (Å²) in [6.07, 6.45) is 2.73. The lowest BCUT2D eigenvalue weighted by Gasteiger charge is -2.34. The summed E-state index contributed by atoms with van der Waals surface area (Å²) in [5.74, 6) is 0.780. The quantitative estimate of drug-likeness (QED) is 0.299. The van der Waals surface area contributed by atoms with Crippen molar-refractivity contribution in [3.63, 3.8) is 0 Å². The van der Waals surface area contributed by atoms with Crippen molar-refractivity contribution >= 4 is 17.5 Å². The molecule has 3 N–H and O–H groups in total. The molecule has 0 bridgehead atoms. The third kappa shape index (κ3) is 5.86. The van der Waals surface area contributed by atoms with Crippen molar-refractivity contribution in [2.75, 3.05) is 13.1 Å². The molecule has 0 saturated carbocycles. The monoisotopic (exact) mass is 504 g/mol. The molecule has 1 atom stereocenters. The summed E-state index contributed by atoms with van der Waals surface area (Å²) < 4.78 is 2.15. The molecule has 0 aliphatic carbocycles. The van der Waals surface area contributed by atoms with Crippen molar-refractivity contribution in [2.45, 2.75) is 39.8 Å². The number of nitrogens with zero attached hydrogens (tertiary/aromatic N) is 4. The van der Waals surface area contributed by atoms with Crippen LogP contribution >= 0.6 is 11.6 Å². The number of hydrogen-bond donors (Lipinski definition) is 2. The van der Waals surface area contributed by atoms with E-state index in [0.717, 1.165) is 28.3 Å². The molecule has 2 aromatic carbocycles. The molecule has 188 valence electrons. The van der Waals surface area contributed by atoms with E-state index >= 15 is 0 Å². The third-order valence-electron chi connectivity index (χ3n) is 6.14. The van der Waals surface area contributed by atoms with E-state index in [2.05, 4.69) is 40.7 Å². The highest BCUT2D eigenvalue weighted by Gasteiger charge is 2.33. The van der Waals surface area contributed by atoms with Gasteiger partial charge in [-0.15, -0.1) is 0 Å². The number of aryl methyl sites for hydroxylation is 1. The lowest BCUT2D eigenvalue weighted by molar-refractivity contribution is 0.0598. The topological polar surface area (TPSA) is 92.8 Å². The third-order valence-corrected chi connectivity index (χ3v) is 6.38. The lowest BCUT2D eigenvalue weighted by Crippen LogP contribution is -2.40. The first-order valence-electron chi connectivity index (χ1n) is 12.3. The van der Waals surface area contributed by atoms with Crippen molar-refractivity contribution in [2.24, 2.45) is 11.7 Å². The largest absolute Gasteiger partial charge is 0.330 e. The Bertz CT molecular complexity index is 1300. The number of hydrogen-bond acceptors (Lipinski definition) is 4. The molecule has 7 nitrogen and oxygen atoms in total. The fourth-order valence-electron chi connectivity index (χ4n) is 4.46. The van der Waals surface area contributed by atoms with Crippen LogP contribution in [0.15, 0.2) is 66.9 Å². The zero-order valence-electron chi connectivity index (χ0n) is 21.0. The molecule has 4 aromatic rings. The normalized spacial score (nSPS) is 12.2. The van der Waals surface area contributed by atoms with Gasteiger partial charge in [0.15, 0.2) is 0 Å². The van der Waals surface area contributed by atoms with E-state index in [1.165, 1.54) is 0 Å². The van der Waals surface area contributed by atoms with Gasteiger partial charge in [-0.2, -0.15) is 5.10 Å². The van der Waals surface area contributed by atoms with Gasteiger partial charge in [0, 0.05) is 35.6 Å². The summed E-state index contributed by atoms with van der Waals surface area (Å²) in [6.45, 7) is 7.74. The second-order valence-electron chi connectivity index (χ2n) is 9.37. The van der Waals surface area contributed by atoms with Crippen molar-refractivity contribution in [1.82, 2.24) is 24.6 Å². The first-order chi connectivity index (χ1) is 17.4. The molecule has 4 rings (SSSR count). The summed E-state index contributed by atoms with van der Waals surface area (Å²) in [5.41, 5.74) is 10.0. The molecular weight excluding hydrogens is 472 g/mol. The number of carbonyl (C=O) groups excluding carboxylic acids is 1. The predicted octanol–water partition coefficient (Wildman–Crippen LogP) is 5.47. The van der Waals surface area contributed by atoms with Gasteiger partial charge in [-0.3, -0.25) is 9.89 Å². The Kier molecular flexibility index (Phi) is 8.23. The van der Waals surface area contributed by atoms with Gasteiger partial charge in [0.25, 0.3) is 5.91 Å². The van der Waals surface area contributed by atoms with E-state index in [0.29, 0.717) is 36.8 Å². The summed E-state index contributed by atoms with van der Waals surface area (Å²) in [6, 6.07) is 19.4. The molecule has 0 aliphatic rings. The van der Waals surface area contributed by atoms with Gasteiger partial charge in [0.1, 0.15) is 11.5 Å². The Balaban J connectivity index is 1.82. The second kappa shape index (κ2) is 11.5. The number of aromatic nitrogens is 4. The van der Waals surface area contributed by atoms with Crippen LogP contribution in [0, 0.1) is 12.8 Å². The van der Waals surface area contributed by atoms with Gasteiger partial charge in [-0.25, -0.2) is 4.98 Å². The van der Waals surface area contributed by atoms with E-state index in [-0.39, 0.29) is 17.9 Å². The van der Waals surface area contributed by atoms with Gasteiger partial charge in [0.2, 0.25) is 0 Å². The maximum Gasteiger partial charge on any atom is 0.274 e. The number of halogens is 1. The standard InChI is InChI=1S/C28H33ClN6O/c1-19(2)26(35(14-8-13-30)28(36)24-15-20(3)32-33-24)27-31-25(22-11-7-12-23(29)16-22)18-34(27)17-21-9-5-4-6-10-21/h4-7,9-12,15-16,18-19,26H,8,13-14,17,30H2,1-3H3,(H,32,33)/t26-/m1/s1. The van der Waals surface area contributed by atoms with Crippen LogP contribution in [0.2, 0.25) is 5.02 Å². The van der Waals surface area contributed by atoms with Crippen LogP contribution in [-0.2, 0) is 6.54 Å². The molecule has 2 heterocycles. The maximum atomic E-state index is 13.7. The number of nitrogens with one attached hydrogen (secondary N) is 1. The average Bonchev–Trinajstić information content (AvgIpc) is 3.48. The van der Waals surface area contributed by atoms with Crippen LogP contribution in [0.4, 0.5) is 0 Å². The lowest BCUT2D eigenvalue weighted by atomic mass is 10.00. The molecule has 0 saturated heterocycles. The van der Waals surface area contributed by atoms with Crippen molar-refractivity contribution in [1.29, 1.82) is 0 Å². The van der Waals surface area contributed by atoms with Gasteiger partial charge in [0.05, 0.1) is 11.7 Å². The van der Waals surface area contributed by atoms with Crippen LogP contribution in [-0.4, -0.2) is 43.6 Å². The van der Waals surface area contributed by atoms with E-state index < -0.39 is 0 Å². The number of imidazole rings is 1. The Morgan fingerprint density at radius 2 is 1.92 bits per heavy atom. The van der Waals surface area contributed by atoms with E-state index in [1.807, 2.05) is 60.5 Å². The maximum absolute atomic E-state index is 13.7. The minimum absolute atomic E-state index is 0.0934. The van der Waals surface area contributed by atoms with Gasteiger partial charge in [-0.1, -0.05) is 67.9 Å². The second-order valence-corrected chi connectivity index (χ2v) is 9.81. The first kappa shape index (κ1) is 25.7. The average molecular weight is 505 g/mol. The Morgan fingerprint density at radius 1 is 1.14 bits per heavy atom. The fourth-order valence-corrected chi connectivity index (χ4v) is 4.65. The summed E-state index contributed by atoms with van der Waals surface area (Å²) >= 11 is 6.29. The summed E-state index contributed by atoms with van der Waals surface area (Å²) in [7, 11) is 0. The number of carbonyl (C=O) groups is 1. The van der Waals surface area contributed by atoms with Crippen LogP contribution in [0.25, 0.3) is 11.3 Å². The number of nitrogens with two attached hydrogens (primary N) is 1. The van der Waals surface area contributed by atoms with Gasteiger partial charge < -0.3 is 15.2 Å². The number of rotatable bonds is 10. The minimum atomic E-state index is -0.280. The molecular formula is C28H33ClN6O. The summed E-state index contributed by atoms with van der Waals surface area (Å²) in [4.78, 5) is 20.7. The molecule has 1 amide bonds. The molecule has 36 heavy (non-hydrogen) atoms. The molecule has 0 spiro atoms. The molecule has 0 fully saturated rings. The van der Waals surface area contributed by atoms with Crippen LogP contribution < -0.4 is 5.73 Å². The van der Waals surface area contributed by atoms with Crippen LogP contribution in [0.1, 0.15) is 53.9 Å². The minimum Gasteiger partial charge on any atom is -0.330 e. The van der Waals surface area contributed by atoms with E-state index in [9.17, 15) is 4.79 Å². The van der Waals surface area contributed by atoms with Gasteiger partial charge in [-0.05, 0) is 49.6 Å². The zero-order chi connectivity index (χ0) is 25.7. The highest BCUT2D eigenvalue weighted by atomic mass is 35.5. The van der Waals surface area contributed by atoms with E-state index in [1.54, 1.807) is 6.07 Å². The van der Waals surface area contributed by atoms with Gasteiger partial charge >= 0.3 is 0 Å².